The quantitative estimate of drug-likeness (QED) is 0.527. The predicted octanol–water partition coefficient (Wildman–Crippen LogP) is 2.01. The molecule has 0 spiro atoms. The minimum absolute atomic E-state index is 0.566. The topological polar surface area (TPSA) is 36.9 Å². The van der Waals surface area contributed by atoms with Gasteiger partial charge < -0.3 is 17.7 Å². The van der Waals surface area contributed by atoms with Gasteiger partial charge in [-0.15, -0.1) is 0 Å². The van der Waals surface area contributed by atoms with Gasteiger partial charge in [0.15, 0.2) is 0 Å². The van der Waals surface area contributed by atoms with Gasteiger partial charge in [0.2, 0.25) is 0 Å². The Kier molecular flexibility index (Phi) is 6.39. The summed E-state index contributed by atoms with van der Waals surface area (Å²) >= 11 is 0. The Morgan fingerprint density at radius 2 is 1.53 bits per heavy atom. The molecule has 5 heteroatoms. The molecule has 0 N–H and O–H groups in total. The van der Waals surface area contributed by atoms with E-state index < -0.39 is 9.05 Å². The highest BCUT2D eigenvalue weighted by molar-refractivity contribution is 6.53. The Morgan fingerprint density at radius 1 is 0.941 bits per heavy atom. The summed E-state index contributed by atoms with van der Waals surface area (Å²) in [6.45, 7) is 0.566. The van der Waals surface area contributed by atoms with E-state index in [4.69, 9.17) is 17.7 Å². The van der Waals surface area contributed by atoms with E-state index in [1.807, 2.05) is 18.2 Å². The summed E-state index contributed by atoms with van der Waals surface area (Å²) in [5.74, 6) is 0. The lowest BCUT2D eigenvalue weighted by molar-refractivity contribution is 0.00544. The molecule has 0 saturated heterocycles. The standard InChI is InChI=1S/C12H20O4Si/c1-13-17(14-2,15-3)16-11-7-10-12-8-5-4-6-9-12/h4-6,8-9H,7,10-11H2,1-3H3. The fourth-order valence-corrected chi connectivity index (χ4v) is 2.79. The molecule has 0 amide bonds. The third kappa shape index (κ3) is 4.57. The first kappa shape index (κ1) is 14.3. The van der Waals surface area contributed by atoms with Gasteiger partial charge in [-0.3, -0.25) is 0 Å². The van der Waals surface area contributed by atoms with Crippen LogP contribution < -0.4 is 0 Å². The molecule has 1 rings (SSSR count). The molecule has 0 fully saturated rings. The van der Waals surface area contributed by atoms with E-state index in [-0.39, 0.29) is 0 Å². The Morgan fingerprint density at radius 3 is 2.06 bits per heavy atom. The molecule has 17 heavy (non-hydrogen) atoms. The average molecular weight is 256 g/mol. The summed E-state index contributed by atoms with van der Waals surface area (Å²) in [7, 11) is 1.76. The van der Waals surface area contributed by atoms with Crippen LogP contribution in [-0.2, 0) is 24.1 Å². The normalized spacial score (nSPS) is 11.7. The molecule has 0 aromatic heterocycles. The van der Waals surface area contributed by atoms with E-state index in [9.17, 15) is 0 Å². The SMILES string of the molecule is CO[Si](OC)(OC)OCCCc1ccccc1. The summed E-state index contributed by atoms with van der Waals surface area (Å²) < 4.78 is 21.1. The molecule has 96 valence electrons. The van der Waals surface area contributed by atoms with E-state index in [0.717, 1.165) is 12.8 Å². The van der Waals surface area contributed by atoms with E-state index in [2.05, 4.69) is 12.1 Å². The lowest BCUT2D eigenvalue weighted by Crippen LogP contribution is -2.46. The number of hydrogen-bond acceptors (Lipinski definition) is 4. The number of benzene rings is 1. The average Bonchev–Trinajstić information content (AvgIpc) is 2.41. The molecule has 0 aliphatic heterocycles. The van der Waals surface area contributed by atoms with Crippen molar-refractivity contribution in [3.05, 3.63) is 35.9 Å². The van der Waals surface area contributed by atoms with Crippen LogP contribution in [0.5, 0.6) is 0 Å². The zero-order valence-corrected chi connectivity index (χ0v) is 11.6. The van der Waals surface area contributed by atoms with Crippen LogP contribution in [0.1, 0.15) is 12.0 Å². The van der Waals surface area contributed by atoms with Crippen molar-refractivity contribution in [1.29, 1.82) is 0 Å². The van der Waals surface area contributed by atoms with E-state index in [0.29, 0.717) is 6.61 Å². The summed E-state index contributed by atoms with van der Waals surface area (Å²) in [4.78, 5) is 0. The molecule has 0 aliphatic carbocycles. The zero-order valence-electron chi connectivity index (χ0n) is 10.6. The number of hydrogen-bond donors (Lipinski definition) is 0. The maximum absolute atomic E-state index is 5.57. The number of aryl methyl sites for hydroxylation is 1. The minimum atomic E-state index is -2.86. The predicted molar refractivity (Wildman–Crippen MR) is 67.5 cm³/mol. The first-order valence-electron chi connectivity index (χ1n) is 5.59. The Bertz CT molecular complexity index is 292. The first-order valence-corrected chi connectivity index (χ1v) is 7.23. The largest absolute Gasteiger partial charge is 0.678 e. The van der Waals surface area contributed by atoms with Crippen molar-refractivity contribution in [2.75, 3.05) is 27.9 Å². The van der Waals surface area contributed by atoms with Gasteiger partial charge >= 0.3 is 9.05 Å². The molecule has 0 bridgehead atoms. The summed E-state index contributed by atoms with van der Waals surface area (Å²) in [6, 6.07) is 10.3. The van der Waals surface area contributed by atoms with Crippen LogP contribution in [0.4, 0.5) is 0 Å². The van der Waals surface area contributed by atoms with E-state index in [1.165, 1.54) is 26.9 Å². The van der Waals surface area contributed by atoms with Gasteiger partial charge in [0.1, 0.15) is 0 Å². The van der Waals surface area contributed by atoms with Crippen LogP contribution >= 0.6 is 0 Å². The van der Waals surface area contributed by atoms with Crippen molar-refractivity contribution >= 4 is 9.05 Å². The van der Waals surface area contributed by atoms with Crippen molar-refractivity contribution < 1.29 is 17.7 Å². The molecule has 1 aromatic rings. The van der Waals surface area contributed by atoms with E-state index >= 15 is 0 Å². The molecule has 1 aromatic carbocycles. The highest BCUT2D eigenvalue weighted by Gasteiger charge is 2.41. The van der Waals surface area contributed by atoms with Crippen LogP contribution in [0.15, 0.2) is 30.3 Å². The van der Waals surface area contributed by atoms with Crippen molar-refractivity contribution in [1.82, 2.24) is 0 Å². The minimum Gasteiger partial charge on any atom is -0.355 e. The number of rotatable bonds is 8. The molecule has 0 radical (unpaired) electrons. The van der Waals surface area contributed by atoms with Crippen LogP contribution in [0.3, 0.4) is 0 Å². The van der Waals surface area contributed by atoms with Gasteiger partial charge in [0, 0.05) is 27.9 Å². The third-order valence-electron chi connectivity index (χ3n) is 2.48. The molecular weight excluding hydrogens is 236 g/mol. The van der Waals surface area contributed by atoms with Gasteiger partial charge in [-0.05, 0) is 18.4 Å². The van der Waals surface area contributed by atoms with Crippen molar-refractivity contribution in [2.45, 2.75) is 12.8 Å². The third-order valence-corrected chi connectivity index (χ3v) is 4.54. The lowest BCUT2D eigenvalue weighted by atomic mass is 10.1. The Labute approximate surface area is 104 Å². The van der Waals surface area contributed by atoms with Gasteiger partial charge in [-0.25, -0.2) is 0 Å². The fourth-order valence-electron chi connectivity index (χ4n) is 1.54. The Balaban J connectivity index is 2.28. The monoisotopic (exact) mass is 256 g/mol. The zero-order chi connectivity index (χ0) is 12.6. The maximum Gasteiger partial charge on any atom is 0.678 e. The fraction of sp³-hybridized carbons (Fsp3) is 0.500. The second kappa shape index (κ2) is 7.57. The van der Waals surface area contributed by atoms with Crippen LogP contribution in [0.2, 0.25) is 0 Å². The highest BCUT2D eigenvalue weighted by atomic mass is 28.4. The van der Waals surface area contributed by atoms with E-state index in [1.54, 1.807) is 0 Å². The summed E-state index contributed by atoms with van der Waals surface area (Å²) in [5.41, 5.74) is 1.30. The van der Waals surface area contributed by atoms with Gasteiger partial charge in [-0.2, -0.15) is 0 Å². The summed E-state index contributed by atoms with van der Waals surface area (Å²) in [6.07, 6.45) is 1.89. The first-order chi connectivity index (χ1) is 8.26. The highest BCUT2D eigenvalue weighted by Crippen LogP contribution is 2.09. The molecule has 0 atom stereocenters. The van der Waals surface area contributed by atoms with Crippen LogP contribution in [0.25, 0.3) is 0 Å². The van der Waals surface area contributed by atoms with Crippen LogP contribution in [0, 0.1) is 0 Å². The second-order valence-corrected chi connectivity index (χ2v) is 6.06. The van der Waals surface area contributed by atoms with Crippen LogP contribution in [-0.4, -0.2) is 37.0 Å². The van der Waals surface area contributed by atoms with Gasteiger partial charge in [-0.1, -0.05) is 30.3 Å². The van der Waals surface area contributed by atoms with Gasteiger partial charge in [0.25, 0.3) is 0 Å². The molecule has 0 saturated carbocycles. The van der Waals surface area contributed by atoms with Crippen molar-refractivity contribution in [3.63, 3.8) is 0 Å². The maximum atomic E-state index is 5.57. The lowest BCUT2D eigenvalue weighted by Gasteiger charge is -2.22. The molecular formula is C12H20O4Si. The smallest absolute Gasteiger partial charge is 0.355 e. The van der Waals surface area contributed by atoms with Gasteiger partial charge in [0.05, 0.1) is 0 Å². The van der Waals surface area contributed by atoms with Crippen molar-refractivity contribution in [3.8, 4) is 0 Å². The summed E-state index contributed by atoms with van der Waals surface area (Å²) in [5, 5.41) is 0. The Hall–Kier alpha value is -0.723. The van der Waals surface area contributed by atoms with Crippen molar-refractivity contribution in [2.24, 2.45) is 0 Å². The molecule has 0 heterocycles. The molecule has 0 aliphatic rings. The second-order valence-electron chi connectivity index (χ2n) is 3.55. The molecule has 0 unspecified atom stereocenters. The molecule has 4 nitrogen and oxygen atoms in total.